The molecule has 1 aromatic rings. The second-order valence-corrected chi connectivity index (χ2v) is 7.43. The van der Waals surface area contributed by atoms with Crippen molar-refractivity contribution in [2.45, 2.75) is 72.3 Å². The topological polar surface area (TPSA) is 90.3 Å². The van der Waals surface area contributed by atoms with Gasteiger partial charge in [0.2, 0.25) is 5.91 Å². The third-order valence-corrected chi connectivity index (χ3v) is 5.70. The molecule has 0 radical (unpaired) electrons. The molecule has 0 saturated heterocycles. The molecule has 28 heavy (non-hydrogen) atoms. The molecule has 0 spiro atoms. The van der Waals surface area contributed by atoms with Crippen LogP contribution in [-0.2, 0) is 4.79 Å². The Morgan fingerprint density at radius 2 is 2.00 bits per heavy atom. The predicted molar refractivity (Wildman–Crippen MR) is 112 cm³/mol. The zero-order valence-electron chi connectivity index (χ0n) is 17.4. The Morgan fingerprint density at radius 3 is 2.57 bits per heavy atom. The number of hydrogen-bond donors (Lipinski definition) is 2. The van der Waals surface area contributed by atoms with E-state index in [9.17, 15) is 9.90 Å². The van der Waals surface area contributed by atoms with Crippen LogP contribution in [0.1, 0.15) is 77.3 Å². The highest BCUT2D eigenvalue weighted by Gasteiger charge is 2.31. The number of nitrogens with zero attached hydrogens (tertiary/aromatic N) is 2. The number of carbonyl (C=O) groups excluding carboxylic acids is 1. The maximum absolute atomic E-state index is 12.6. The molecule has 1 atom stereocenters. The zero-order chi connectivity index (χ0) is 20.8. The summed E-state index contributed by atoms with van der Waals surface area (Å²) in [6.45, 7) is 8.16. The van der Waals surface area contributed by atoms with E-state index >= 15 is 0 Å². The molecule has 150 valence electrons. The standard InChI is InChI=1S/C23H31N3O2/c1-5-7-8-18(6-2)26-22(28)12-11-20(23(26)25)16(4)15(3)19-10-9-17(14-24)13-21(19)27/h9-10,13,18,27H,5-8,11-12,25H2,1-4H3/b16-15+. The molecule has 0 bridgehead atoms. The Kier molecular flexibility index (Phi) is 7.28. The summed E-state index contributed by atoms with van der Waals surface area (Å²) < 4.78 is 0. The summed E-state index contributed by atoms with van der Waals surface area (Å²) >= 11 is 0. The van der Waals surface area contributed by atoms with Crippen molar-refractivity contribution in [2.24, 2.45) is 5.73 Å². The van der Waals surface area contributed by atoms with Crippen LogP contribution in [0.15, 0.2) is 35.2 Å². The average Bonchev–Trinajstić information content (AvgIpc) is 2.69. The Morgan fingerprint density at radius 1 is 1.29 bits per heavy atom. The Balaban J connectivity index is 2.47. The molecule has 1 aromatic carbocycles. The van der Waals surface area contributed by atoms with E-state index in [2.05, 4.69) is 13.8 Å². The van der Waals surface area contributed by atoms with E-state index in [1.807, 2.05) is 19.9 Å². The normalized spacial score (nSPS) is 16.7. The fourth-order valence-corrected chi connectivity index (χ4v) is 3.84. The van der Waals surface area contributed by atoms with Gasteiger partial charge in [0.1, 0.15) is 11.6 Å². The number of aromatic hydroxyl groups is 1. The summed E-state index contributed by atoms with van der Waals surface area (Å²) in [4.78, 5) is 14.4. The fraction of sp³-hybridized carbons (Fsp3) is 0.478. The Bertz CT molecular complexity index is 846. The minimum atomic E-state index is 0.0770. The molecule has 3 N–H and O–H groups in total. The van der Waals surface area contributed by atoms with Crippen LogP contribution >= 0.6 is 0 Å². The number of rotatable bonds is 7. The van der Waals surface area contributed by atoms with Crippen molar-refractivity contribution < 1.29 is 9.90 Å². The lowest BCUT2D eigenvalue weighted by molar-refractivity contribution is -0.132. The number of nitriles is 1. The molecule has 5 heteroatoms. The third kappa shape index (κ3) is 4.39. The summed E-state index contributed by atoms with van der Waals surface area (Å²) in [6, 6.07) is 7.07. The first-order chi connectivity index (χ1) is 13.3. The maximum Gasteiger partial charge on any atom is 0.228 e. The van der Waals surface area contributed by atoms with Crippen LogP contribution in [0.4, 0.5) is 0 Å². The highest BCUT2D eigenvalue weighted by atomic mass is 16.3. The van der Waals surface area contributed by atoms with E-state index in [1.54, 1.807) is 17.0 Å². The quantitative estimate of drug-likeness (QED) is 0.708. The SMILES string of the molecule is CCCCC(CC)N1C(=O)CCC(/C(C)=C(\C)c2ccc(C#N)cc2O)=C1N. The van der Waals surface area contributed by atoms with Crippen LogP contribution < -0.4 is 5.73 Å². The van der Waals surface area contributed by atoms with Gasteiger partial charge in [0.15, 0.2) is 0 Å². The lowest BCUT2D eigenvalue weighted by Crippen LogP contribution is -2.45. The van der Waals surface area contributed by atoms with Crippen molar-refractivity contribution in [3.63, 3.8) is 0 Å². The molecule has 1 aliphatic heterocycles. The van der Waals surface area contributed by atoms with Gasteiger partial charge in [-0.25, -0.2) is 0 Å². The summed E-state index contributed by atoms with van der Waals surface area (Å²) in [5.41, 5.74) is 10.4. The average molecular weight is 382 g/mol. The van der Waals surface area contributed by atoms with Gasteiger partial charge < -0.3 is 10.8 Å². The highest BCUT2D eigenvalue weighted by molar-refractivity contribution is 5.82. The van der Waals surface area contributed by atoms with E-state index in [4.69, 9.17) is 11.0 Å². The smallest absolute Gasteiger partial charge is 0.228 e. The number of allylic oxidation sites excluding steroid dienone is 3. The van der Waals surface area contributed by atoms with Crippen LogP contribution in [0, 0.1) is 11.3 Å². The number of hydrogen-bond acceptors (Lipinski definition) is 4. The predicted octanol–water partition coefficient (Wildman–Crippen LogP) is 4.82. The fourth-order valence-electron chi connectivity index (χ4n) is 3.84. The number of amides is 1. The van der Waals surface area contributed by atoms with Gasteiger partial charge in [0.05, 0.1) is 11.6 Å². The molecule has 1 amide bonds. The Hall–Kier alpha value is -2.74. The van der Waals surface area contributed by atoms with Crippen molar-refractivity contribution in [1.82, 2.24) is 4.90 Å². The maximum atomic E-state index is 12.6. The molecule has 1 aliphatic rings. The van der Waals surface area contributed by atoms with Crippen molar-refractivity contribution in [1.29, 1.82) is 5.26 Å². The first-order valence-electron chi connectivity index (χ1n) is 10.1. The van der Waals surface area contributed by atoms with Crippen LogP contribution in [0.25, 0.3) is 5.57 Å². The van der Waals surface area contributed by atoms with Gasteiger partial charge in [-0.05, 0) is 68.0 Å². The zero-order valence-corrected chi connectivity index (χ0v) is 17.4. The number of unbranched alkanes of at least 4 members (excludes halogenated alkanes) is 1. The second-order valence-electron chi connectivity index (χ2n) is 7.43. The lowest BCUT2D eigenvalue weighted by Gasteiger charge is -2.36. The van der Waals surface area contributed by atoms with E-state index in [0.717, 1.165) is 42.4 Å². The van der Waals surface area contributed by atoms with Crippen molar-refractivity contribution >= 4 is 11.5 Å². The minimum absolute atomic E-state index is 0.0770. The largest absolute Gasteiger partial charge is 0.507 e. The Labute approximate surface area is 168 Å². The number of phenols is 1. The lowest BCUT2D eigenvalue weighted by atomic mass is 9.90. The first kappa shape index (κ1) is 21.6. The van der Waals surface area contributed by atoms with Crippen LogP contribution in [0.5, 0.6) is 5.75 Å². The molecule has 0 aromatic heterocycles. The molecular formula is C23H31N3O2. The molecule has 2 rings (SSSR count). The molecule has 1 heterocycles. The molecular weight excluding hydrogens is 350 g/mol. The summed E-state index contributed by atoms with van der Waals surface area (Å²) in [5.74, 6) is 0.716. The van der Waals surface area contributed by atoms with Gasteiger partial charge in [0.25, 0.3) is 0 Å². The second kappa shape index (κ2) is 9.45. The first-order valence-corrected chi connectivity index (χ1v) is 10.1. The number of nitrogens with two attached hydrogens (primary N) is 1. The van der Waals surface area contributed by atoms with E-state index < -0.39 is 0 Å². The number of carbonyl (C=O) groups is 1. The van der Waals surface area contributed by atoms with Gasteiger partial charge in [-0.2, -0.15) is 5.26 Å². The van der Waals surface area contributed by atoms with Gasteiger partial charge >= 0.3 is 0 Å². The van der Waals surface area contributed by atoms with Crippen LogP contribution in [-0.4, -0.2) is 22.0 Å². The van der Waals surface area contributed by atoms with E-state index in [-0.39, 0.29) is 17.7 Å². The van der Waals surface area contributed by atoms with Crippen molar-refractivity contribution in [2.75, 3.05) is 0 Å². The molecule has 1 unspecified atom stereocenters. The third-order valence-electron chi connectivity index (χ3n) is 5.70. The summed E-state index contributed by atoms with van der Waals surface area (Å²) in [5, 5.41) is 19.3. The minimum Gasteiger partial charge on any atom is -0.507 e. The molecule has 5 nitrogen and oxygen atoms in total. The molecule has 0 saturated carbocycles. The summed E-state index contributed by atoms with van der Waals surface area (Å²) in [6.07, 6.45) is 5.03. The van der Waals surface area contributed by atoms with E-state index in [0.29, 0.717) is 29.8 Å². The van der Waals surface area contributed by atoms with Crippen LogP contribution in [0.2, 0.25) is 0 Å². The van der Waals surface area contributed by atoms with Gasteiger partial charge in [-0.3, -0.25) is 9.69 Å². The molecule has 0 aliphatic carbocycles. The summed E-state index contributed by atoms with van der Waals surface area (Å²) in [7, 11) is 0. The van der Waals surface area contributed by atoms with E-state index in [1.165, 1.54) is 6.07 Å². The van der Waals surface area contributed by atoms with Crippen molar-refractivity contribution in [3.05, 3.63) is 46.3 Å². The molecule has 0 fully saturated rings. The van der Waals surface area contributed by atoms with Gasteiger partial charge in [-0.1, -0.05) is 26.7 Å². The van der Waals surface area contributed by atoms with Gasteiger partial charge in [0, 0.05) is 18.0 Å². The number of phenolic OH excluding ortho intramolecular Hbond substituents is 1. The van der Waals surface area contributed by atoms with Crippen molar-refractivity contribution in [3.8, 4) is 11.8 Å². The highest BCUT2D eigenvalue weighted by Crippen LogP contribution is 2.35. The monoisotopic (exact) mass is 381 g/mol. The van der Waals surface area contributed by atoms with Crippen LogP contribution in [0.3, 0.4) is 0 Å². The number of benzene rings is 1. The van der Waals surface area contributed by atoms with Gasteiger partial charge in [-0.15, -0.1) is 0 Å².